The number of amides is 2. The van der Waals surface area contributed by atoms with E-state index in [2.05, 4.69) is 29.0 Å². The Balaban J connectivity index is 1.94. The number of carbonyl (C=O) groups excluding carboxylic acids is 2. The third kappa shape index (κ3) is 6.55. The van der Waals surface area contributed by atoms with Gasteiger partial charge in [-0.15, -0.1) is 0 Å². The molecule has 1 aliphatic rings. The Labute approximate surface area is 202 Å². The maximum atomic E-state index is 13.3. The van der Waals surface area contributed by atoms with Crippen LogP contribution in [0.15, 0.2) is 42.6 Å². The minimum Gasteiger partial charge on any atom is -0.491 e. The van der Waals surface area contributed by atoms with Crippen molar-refractivity contribution in [2.45, 2.75) is 45.9 Å². The number of nitrogens with one attached hydrogen (secondary N) is 1. The lowest BCUT2D eigenvalue weighted by Crippen LogP contribution is -2.46. The largest absolute Gasteiger partial charge is 0.491 e. The molecule has 0 spiro atoms. The van der Waals surface area contributed by atoms with Crippen LogP contribution in [0.4, 0.5) is 5.69 Å². The number of hydrogen-bond donors (Lipinski definition) is 1. The number of nitrogens with zero attached hydrogens (tertiary/aromatic N) is 3. The van der Waals surface area contributed by atoms with E-state index in [0.717, 1.165) is 12.2 Å². The van der Waals surface area contributed by atoms with Crippen LogP contribution in [0.2, 0.25) is 0 Å². The number of pyridine rings is 1. The highest BCUT2D eigenvalue weighted by molar-refractivity contribution is 5.98. The minimum atomic E-state index is -0.142. The predicted octanol–water partition coefficient (Wildman–Crippen LogP) is 3.44. The molecule has 2 amide bonds. The van der Waals surface area contributed by atoms with Gasteiger partial charge in [0.25, 0.3) is 5.91 Å². The zero-order valence-electron chi connectivity index (χ0n) is 20.8. The van der Waals surface area contributed by atoms with Gasteiger partial charge in [-0.1, -0.05) is 19.9 Å². The lowest BCUT2D eigenvalue weighted by atomic mass is 10.0. The third-order valence-corrected chi connectivity index (χ3v) is 6.27. The average Bonchev–Trinajstić information content (AvgIpc) is 2.84. The van der Waals surface area contributed by atoms with Gasteiger partial charge in [0.15, 0.2) is 0 Å². The smallest absolute Gasteiger partial charge is 0.257 e. The maximum Gasteiger partial charge on any atom is 0.257 e. The SMILES string of the molecule is CCC(=O)Nc1ccc2c(c1)OC[C@H](C)N(Cc1ccccn1)C[C@H](C)[C@H](OC)CN(C)C2=O. The molecule has 0 radical (unpaired) electrons. The minimum absolute atomic E-state index is 0.0518. The predicted molar refractivity (Wildman–Crippen MR) is 132 cm³/mol. The van der Waals surface area contributed by atoms with E-state index in [-0.39, 0.29) is 29.9 Å². The lowest BCUT2D eigenvalue weighted by molar-refractivity contribution is -0.115. The van der Waals surface area contributed by atoms with Gasteiger partial charge in [0.2, 0.25) is 5.91 Å². The molecule has 34 heavy (non-hydrogen) atoms. The van der Waals surface area contributed by atoms with Crippen molar-refractivity contribution in [3.05, 3.63) is 53.9 Å². The number of likely N-dealkylation sites (N-methyl/N-ethyl adjacent to an activating group) is 1. The topological polar surface area (TPSA) is 84.0 Å². The van der Waals surface area contributed by atoms with Crippen molar-refractivity contribution in [3.63, 3.8) is 0 Å². The first-order valence-electron chi connectivity index (χ1n) is 11.8. The van der Waals surface area contributed by atoms with Gasteiger partial charge in [0.1, 0.15) is 12.4 Å². The van der Waals surface area contributed by atoms with Crippen molar-refractivity contribution >= 4 is 17.5 Å². The quantitative estimate of drug-likeness (QED) is 0.724. The second-order valence-corrected chi connectivity index (χ2v) is 8.96. The summed E-state index contributed by atoms with van der Waals surface area (Å²) in [6.07, 6.45) is 2.05. The van der Waals surface area contributed by atoms with Gasteiger partial charge in [-0.25, -0.2) is 0 Å². The molecule has 0 bridgehead atoms. The summed E-state index contributed by atoms with van der Waals surface area (Å²) < 4.78 is 12.0. The zero-order chi connectivity index (χ0) is 24.7. The molecule has 2 aromatic rings. The van der Waals surface area contributed by atoms with Crippen LogP contribution in [0.1, 0.15) is 43.2 Å². The summed E-state index contributed by atoms with van der Waals surface area (Å²) >= 11 is 0. The molecule has 1 aromatic heterocycles. The van der Waals surface area contributed by atoms with E-state index in [0.29, 0.717) is 43.1 Å². The second kappa shape index (κ2) is 11.9. The van der Waals surface area contributed by atoms with Crippen LogP contribution in [0.25, 0.3) is 0 Å². The van der Waals surface area contributed by atoms with E-state index < -0.39 is 0 Å². The first-order valence-corrected chi connectivity index (χ1v) is 11.8. The highest BCUT2D eigenvalue weighted by Crippen LogP contribution is 2.27. The Morgan fingerprint density at radius 3 is 2.71 bits per heavy atom. The molecule has 0 saturated heterocycles. The molecular weight excluding hydrogens is 432 g/mol. The standard InChI is InChI=1S/C26H36N4O4/c1-6-25(31)28-20-10-11-22-23(13-20)34-17-19(3)30(15-21-9-7-8-12-27-21)14-18(2)24(33-5)16-29(4)26(22)32/h7-13,18-19,24H,6,14-17H2,1-5H3,(H,28,31)/t18-,19-,24+/m0/s1. The summed E-state index contributed by atoms with van der Waals surface area (Å²) in [7, 11) is 3.47. The molecule has 8 nitrogen and oxygen atoms in total. The molecular formula is C26H36N4O4. The molecule has 2 heterocycles. The molecule has 8 heteroatoms. The fraction of sp³-hybridized carbons (Fsp3) is 0.500. The van der Waals surface area contributed by atoms with Crippen molar-refractivity contribution in [1.29, 1.82) is 0 Å². The second-order valence-electron chi connectivity index (χ2n) is 8.96. The first-order chi connectivity index (χ1) is 16.3. The Bertz CT molecular complexity index is 969. The zero-order valence-corrected chi connectivity index (χ0v) is 20.8. The van der Waals surface area contributed by atoms with Crippen LogP contribution >= 0.6 is 0 Å². The molecule has 0 aliphatic carbocycles. The number of rotatable bonds is 5. The van der Waals surface area contributed by atoms with E-state index in [4.69, 9.17) is 9.47 Å². The Morgan fingerprint density at radius 2 is 2.03 bits per heavy atom. The summed E-state index contributed by atoms with van der Waals surface area (Å²) in [5.41, 5.74) is 2.05. The molecule has 1 N–H and O–H groups in total. The molecule has 1 aromatic carbocycles. The highest BCUT2D eigenvalue weighted by Gasteiger charge is 2.28. The van der Waals surface area contributed by atoms with Gasteiger partial charge in [0.05, 0.1) is 17.4 Å². The van der Waals surface area contributed by atoms with Crippen molar-refractivity contribution in [3.8, 4) is 5.75 Å². The summed E-state index contributed by atoms with van der Waals surface area (Å²) in [5, 5.41) is 2.85. The summed E-state index contributed by atoms with van der Waals surface area (Å²) in [6.45, 7) is 8.33. The monoisotopic (exact) mass is 468 g/mol. The Kier molecular flexibility index (Phi) is 9.01. The number of methoxy groups -OCH3 is 1. The van der Waals surface area contributed by atoms with Crippen molar-refractivity contribution in [1.82, 2.24) is 14.8 Å². The van der Waals surface area contributed by atoms with E-state index in [9.17, 15) is 9.59 Å². The van der Waals surface area contributed by atoms with E-state index in [1.807, 2.05) is 18.2 Å². The van der Waals surface area contributed by atoms with Crippen LogP contribution < -0.4 is 10.1 Å². The summed E-state index contributed by atoms with van der Waals surface area (Å²) in [5.74, 6) is 0.398. The van der Waals surface area contributed by atoms with Crippen LogP contribution in [0.5, 0.6) is 5.75 Å². The number of benzene rings is 1. The van der Waals surface area contributed by atoms with E-state index >= 15 is 0 Å². The van der Waals surface area contributed by atoms with Gasteiger partial charge in [-0.2, -0.15) is 0 Å². The highest BCUT2D eigenvalue weighted by atomic mass is 16.5. The maximum absolute atomic E-state index is 13.3. The molecule has 0 unspecified atom stereocenters. The van der Waals surface area contributed by atoms with Crippen LogP contribution in [0.3, 0.4) is 0 Å². The number of anilines is 1. The third-order valence-electron chi connectivity index (χ3n) is 6.27. The van der Waals surface area contributed by atoms with Gasteiger partial charge in [-0.05, 0) is 37.1 Å². The van der Waals surface area contributed by atoms with Crippen molar-refractivity contribution < 1.29 is 19.1 Å². The average molecular weight is 469 g/mol. The van der Waals surface area contributed by atoms with Gasteiger partial charge in [0, 0.05) is 64.2 Å². The summed E-state index contributed by atoms with van der Waals surface area (Å²) in [4.78, 5) is 33.7. The van der Waals surface area contributed by atoms with Crippen molar-refractivity contribution in [2.75, 3.05) is 39.2 Å². The molecule has 0 fully saturated rings. The summed E-state index contributed by atoms with van der Waals surface area (Å²) in [6, 6.07) is 11.2. The van der Waals surface area contributed by atoms with Crippen LogP contribution in [-0.2, 0) is 16.1 Å². The first kappa shape index (κ1) is 25.6. The van der Waals surface area contributed by atoms with Gasteiger partial charge >= 0.3 is 0 Å². The molecule has 184 valence electrons. The van der Waals surface area contributed by atoms with Gasteiger partial charge in [-0.3, -0.25) is 19.5 Å². The fourth-order valence-corrected chi connectivity index (χ4v) is 4.09. The molecule has 3 atom stereocenters. The molecule has 3 rings (SSSR count). The normalized spacial score (nSPS) is 22.2. The van der Waals surface area contributed by atoms with Crippen molar-refractivity contribution in [2.24, 2.45) is 5.92 Å². The fourth-order valence-electron chi connectivity index (χ4n) is 4.09. The molecule has 1 aliphatic heterocycles. The van der Waals surface area contributed by atoms with Crippen LogP contribution in [-0.4, -0.2) is 72.6 Å². The van der Waals surface area contributed by atoms with E-state index in [1.54, 1.807) is 50.4 Å². The number of ether oxygens (including phenoxy) is 2. The number of fused-ring (bicyclic) bond motifs is 1. The van der Waals surface area contributed by atoms with Gasteiger partial charge < -0.3 is 19.7 Å². The van der Waals surface area contributed by atoms with E-state index in [1.165, 1.54) is 0 Å². The number of carbonyl (C=O) groups is 2. The lowest BCUT2D eigenvalue weighted by Gasteiger charge is -2.35. The number of aromatic nitrogens is 1. The number of hydrogen-bond acceptors (Lipinski definition) is 6. The van der Waals surface area contributed by atoms with Crippen LogP contribution in [0, 0.1) is 5.92 Å². The molecule has 0 saturated carbocycles. The Morgan fingerprint density at radius 1 is 1.24 bits per heavy atom. The Hall–Kier alpha value is -2.97.